The third kappa shape index (κ3) is 3.44. The second kappa shape index (κ2) is 8.04. The van der Waals surface area contributed by atoms with Crippen molar-refractivity contribution in [2.75, 3.05) is 7.11 Å². The fourth-order valence-electron chi connectivity index (χ4n) is 3.56. The van der Waals surface area contributed by atoms with E-state index < -0.39 is 4.92 Å². The molecule has 7 heteroatoms. The third-order valence-electron chi connectivity index (χ3n) is 5.00. The average molecular weight is 418 g/mol. The number of aromatic nitrogens is 2. The van der Waals surface area contributed by atoms with Gasteiger partial charge in [0.2, 0.25) is 5.03 Å². The topological polar surface area (TPSA) is 61.2 Å². The second-order valence-corrected chi connectivity index (χ2v) is 7.18. The van der Waals surface area contributed by atoms with Gasteiger partial charge in [-0.25, -0.2) is 4.57 Å². The molecule has 0 spiro atoms. The fourth-order valence-corrected chi connectivity index (χ4v) is 4.05. The molecule has 0 radical (unpaired) electrons. The molecule has 6 nitrogen and oxygen atoms in total. The van der Waals surface area contributed by atoms with Crippen molar-refractivity contribution < 1.29 is 14.2 Å². The molecular weight excluding hydrogens is 398 g/mol. The largest absolute Gasteiger partial charge is 0.497 e. The van der Waals surface area contributed by atoms with Crippen molar-refractivity contribution in [3.63, 3.8) is 0 Å². The van der Waals surface area contributed by atoms with Crippen molar-refractivity contribution in [1.29, 1.82) is 0 Å². The zero-order valence-electron chi connectivity index (χ0n) is 16.5. The summed E-state index contributed by atoms with van der Waals surface area (Å²) in [6, 6.07) is 24.3. The SMILES string of the molecule is COc1ccc(-c2n(-c3ccccc3)c(S)c(-c3ccc([N+](=O)[O-])cc3)[n+]2C)cc1. The summed E-state index contributed by atoms with van der Waals surface area (Å²) < 4.78 is 9.42. The number of nitrogens with zero attached hydrogens (tertiary/aromatic N) is 3. The molecule has 0 atom stereocenters. The standard InChI is InChI=1S/C23H19N3O3S/c1-24-21(16-8-12-19(13-9-16)26(27)28)23(30)25(18-6-4-3-5-7-18)22(24)17-10-14-20(29-2)15-11-17/h3-15H,1-2H3/p+1. The van der Waals surface area contributed by atoms with Crippen LogP contribution < -0.4 is 9.30 Å². The molecule has 1 aromatic heterocycles. The predicted molar refractivity (Wildman–Crippen MR) is 118 cm³/mol. The number of hydrogen-bond donors (Lipinski definition) is 1. The molecule has 0 saturated heterocycles. The maximum atomic E-state index is 11.0. The lowest BCUT2D eigenvalue weighted by atomic mass is 10.1. The molecule has 0 fully saturated rings. The molecule has 4 aromatic rings. The fraction of sp³-hybridized carbons (Fsp3) is 0.0870. The van der Waals surface area contributed by atoms with Gasteiger partial charge >= 0.3 is 0 Å². The summed E-state index contributed by atoms with van der Waals surface area (Å²) in [6.45, 7) is 0. The minimum absolute atomic E-state index is 0.0555. The number of para-hydroxylation sites is 1. The Labute approximate surface area is 179 Å². The summed E-state index contributed by atoms with van der Waals surface area (Å²) in [4.78, 5) is 10.6. The van der Waals surface area contributed by atoms with E-state index >= 15 is 0 Å². The van der Waals surface area contributed by atoms with E-state index in [-0.39, 0.29) is 5.69 Å². The molecule has 4 rings (SSSR count). The van der Waals surface area contributed by atoms with Crippen LogP contribution in [0.5, 0.6) is 5.75 Å². The number of thiol groups is 1. The first-order valence-electron chi connectivity index (χ1n) is 9.29. The van der Waals surface area contributed by atoms with Gasteiger partial charge in [0.25, 0.3) is 11.5 Å². The monoisotopic (exact) mass is 418 g/mol. The number of nitro groups is 1. The van der Waals surface area contributed by atoms with Crippen molar-refractivity contribution in [3.8, 4) is 34.1 Å². The van der Waals surface area contributed by atoms with Gasteiger partial charge < -0.3 is 4.74 Å². The minimum atomic E-state index is -0.399. The summed E-state index contributed by atoms with van der Waals surface area (Å²) in [5, 5.41) is 11.8. The van der Waals surface area contributed by atoms with E-state index in [4.69, 9.17) is 17.4 Å². The average Bonchev–Trinajstić information content (AvgIpc) is 3.04. The lowest BCUT2D eigenvalue weighted by Crippen LogP contribution is -2.32. The molecular formula is C23H20N3O3S+. The number of methoxy groups -OCH3 is 1. The van der Waals surface area contributed by atoms with Gasteiger partial charge in [0, 0.05) is 17.7 Å². The summed E-state index contributed by atoms with van der Waals surface area (Å²) in [7, 11) is 3.61. The van der Waals surface area contributed by atoms with Crippen LogP contribution in [-0.2, 0) is 7.05 Å². The molecule has 0 unspecified atom stereocenters. The number of non-ortho nitro benzene ring substituents is 1. The normalized spacial score (nSPS) is 10.8. The Hall–Kier alpha value is -3.58. The molecule has 1 heterocycles. The van der Waals surface area contributed by atoms with Gasteiger partial charge in [0.05, 0.1) is 24.6 Å². The third-order valence-corrected chi connectivity index (χ3v) is 5.41. The molecule has 30 heavy (non-hydrogen) atoms. The molecule has 0 aliphatic rings. The van der Waals surface area contributed by atoms with Crippen LogP contribution in [-0.4, -0.2) is 16.6 Å². The highest BCUT2D eigenvalue weighted by atomic mass is 32.1. The van der Waals surface area contributed by atoms with Crippen LogP contribution in [0, 0.1) is 10.1 Å². The van der Waals surface area contributed by atoms with E-state index in [1.54, 1.807) is 19.2 Å². The lowest BCUT2D eigenvalue weighted by Gasteiger charge is -2.05. The Morgan fingerprint density at radius 2 is 1.53 bits per heavy atom. The Morgan fingerprint density at radius 3 is 2.10 bits per heavy atom. The van der Waals surface area contributed by atoms with E-state index in [1.807, 2.05) is 61.6 Å². The lowest BCUT2D eigenvalue weighted by molar-refractivity contribution is -0.649. The van der Waals surface area contributed by atoms with Crippen molar-refractivity contribution in [2.45, 2.75) is 5.03 Å². The molecule has 0 aliphatic carbocycles. The van der Waals surface area contributed by atoms with E-state index in [9.17, 15) is 10.1 Å². The van der Waals surface area contributed by atoms with Crippen LogP contribution in [0.2, 0.25) is 0 Å². The van der Waals surface area contributed by atoms with Crippen LogP contribution in [0.25, 0.3) is 28.3 Å². The van der Waals surface area contributed by atoms with Crippen LogP contribution in [0.1, 0.15) is 0 Å². The zero-order chi connectivity index (χ0) is 21.3. The van der Waals surface area contributed by atoms with Crippen molar-refractivity contribution in [1.82, 2.24) is 4.57 Å². The Kier molecular flexibility index (Phi) is 5.29. The molecule has 3 aromatic carbocycles. The number of nitro benzene ring substituents is 1. The van der Waals surface area contributed by atoms with Crippen LogP contribution in [0.3, 0.4) is 0 Å². The minimum Gasteiger partial charge on any atom is -0.497 e. The maximum absolute atomic E-state index is 11.0. The summed E-state index contributed by atoms with van der Waals surface area (Å²) in [5.74, 6) is 1.71. The highest BCUT2D eigenvalue weighted by Gasteiger charge is 2.30. The first-order valence-corrected chi connectivity index (χ1v) is 9.74. The van der Waals surface area contributed by atoms with E-state index in [0.29, 0.717) is 0 Å². The summed E-state index contributed by atoms with van der Waals surface area (Å²) in [6.07, 6.45) is 0. The Morgan fingerprint density at radius 1 is 0.933 bits per heavy atom. The van der Waals surface area contributed by atoms with Crippen LogP contribution in [0.4, 0.5) is 5.69 Å². The van der Waals surface area contributed by atoms with E-state index in [0.717, 1.165) is 39.1 Å². The quantitative estimate of drug-likeness (QED) is 0.218. The van der Waals surface area contributed by atoms with E-state index in [1.165, 1.54) is 12.1 Å². The molecule has 0 bridgehead atoms. The van der Waals surface area contributed by atoms with Crippen LogP contribution >= 0.6 is 12.6 Å². The van der Waals surface area contributed by atoms with Gasteiger partial charge in [0.1, 0.15) is 11.4 Å². The van der Waals surface area contributed by atoms with Gasteiger partial charge in [-0.1, -0.05) is 30.8 Å². The van der Waals surface area contributed by atoms with Gasteiger partial charge in [-0.2, -0.15) is 4.57 Å². The number of imidazole rings is 1. The number of hydrogen-bond acceptors (Lipinski definition) is 4. The summed E-state index contributed by atoms with van der Waals surface area (Å²) in [5.41, 5.74) is 3.73. The summed E-state index contributed by atoms with van der Waals surface area (Å²) >= 11 is 4.86. The van der Waals surface area contributed by atoms with Crippen molar-refractivity contribution in [2.24, 2.45) is 7.05 Å². The smallest absolute Gasteiger partial charge is 0.295 e. The molecule has 0 saturated carbocycles. The Bertz CT molecular complexity index is 1200. The highest BCUT2D eigenvalue weighted by Crippen LogP contribution is 2.33. The number of ether oxygens (including phenoxy) is 1. The molecule has 0 aliphatic heterocycles. The molecule has 150 valence electrons. The van der Waals surface area contributed by atoms with Crippen LogP contribution in [0.15, 0.2) is 83.9 Å². The zero-order valence-corrected chi connectivity index (χ0v) is 17.4. The molecule has 0 N–H and O–H groups in total. The molecule has 0 amide bonds. The van der Waals surface area contributed by atoms with Gasteiger partial charge in [-0.3, -0.25) is 10.1 Å². The first kappa shape index (κ1) is 19.7. The Balaban J connectivity index is 1.96. The maximum Gasteiger partial charge on any atom is 0.295 e. The second-order valence-electron chi connectivity index (χ2n) is 6.76. The van der Waals surface area contributed by atoms with E-state index in [2.05, 4.69) is 9.13 Å². The number of benzene rings is 3. The predicted octanol–water partition coefficient (Wildman–Crippen LogP) is 4.84. The first-order chi connectivity index (χ1) is 14.5. The highest BCUT2D eigenvalue weighted by molar-refractivity contribution is 7.80. The van der Waals surface area contributed by atoms with Gasteiger partial charge in [0.15, 0.2) is 5.69 Å². The van der Waals surface area contributed by atoms with Crippen molar-refractivity contribution in [3.05, 3.63) is 89.0 Å². The van der Waals surface area contributed by atoms with Gasteiger partial charge in [-0.05, 0) is 48.5 Å². The van der Waals surface area contributed by atoms with Crippen molar-refractivity contribution >= 4 is 18.3 Å². The number of rotatable bonds is 5. The van der Waals surface area contributed by atoms with Gasteiger partial charge in [-0.15, -0.1) is 0 Å².